The minimum atomic E-state index is -0.534. The van der Waals surface area contributed by atoms with E-state index in [1.54, 1.807) is 60.7 Å². The predicted molar refractivity (Wildman–Crippen MR) is 138 cm³/mol. The fourth-order valence-electron chi connectivity index (χ4n) is 3.65. The average molecular weight is 539 g/mol. The number of rotatable bonds is 6. The molecule has 0 spiro atoms. The monoisotopic (exact) mass is 537 g/mol. The van der Waals surface area contributed by atoms with Crippen molar-refractivity contribution in [2.45, 2.75) is 25.4 Å². The summed E-state index contributed by atoms with van der Waals surface area (Å²) in [4.78, 5) is 12.0. The summed E-state index contributed by atoms with van der Waals surface area (Å²) in [7, 11) is 0. The first kappa shape index (κ1) is 24.3. The van der Waals surface area contributed by atoms with Crippen LogP contribution in [0.15, 0.2) is 71.3 Å². The Kier molecular flexibility index (Phi) is 7.20. The van der Waals surface area contributed by atoms with Gasteiger partial charge < -0.3 is 14.0 Å². The van der Waals surface area contributed by atoms with Crippen LogP contribution < -0.4 is 4.74 Å². The van der Waals surface area contributed by atoms with Crippen LogP contribution in [0.25, 0.3) is 11.3 Å². The molecular weight excluding hydrogens is 521 g/mol. The summed E-state index contributed by atoms with van der Waals surface area (Å²) in [6, 6.07) is 19.0. The van der Waals surface area contributed by atoms with Gasteiger partial charge in [0.2, 0.25) is 0 Å². The lowest BCUT2D eigenvalue weighted by Crippen LogP contribution is -2.00. The Balaban J connectivity index is 1.31. The molecule has 1 heterocycles. The first-order valence-corrected chi connectivity index (χ1v) is 12.3. The van der Waals surface area contributed by atoms with E-state index in [9.17, 15) is 4.79 Å². The van der Waals surface area contributed by atoms with Crippen LogP contribution in [0.2, 0.25) is 15.1 Å². The van der Waals surface area contributed by atoms with E-state index in [1.807, 2.05) is 6.07 Å². The molecule has 180 valence electrons. The van der Waals surface area contributed by atoms with Crippen LogP contribution in [0.1, 0.15) is 46.0 Å². The van der Waals surface area contributed by atoms with Crippen LogP contribution in [0.3, 0.4) is 0 Å². The molecule has 1 saturated carbocycles. The quantitative estimate of drug-likeness (QED) is 0.184. The van der Waals surface area contributed by atoms with Crippen LogP contribution in [0, 0.1) is 12.0 Å². The summed E-state index contributed by atoms with van der Waals surface area (Å²) in [6.45, 7) is 0.197. The third kappa shape index (κ3) is 5.37. The number of benzene rings is 3. The number of carbonyl (C=O) groups excluding carboxylic acids is 1. The molecule has 0 unspecified atom stereocenters. The number of nitrogens with zero attached hydrogens (tertiary/aromatic N) is 1. The summed E-state index contributed by atoms with van der Waals surface area (Å²) in [5.41, 5.74) is 2.90. The molecular formula is C28H18Cl3NO4. The summed E-state index contributed by atoms with van der Waals surface area (Å²) in [6.07, 6.45) is 4.47. The van der Waals surface area contributed by atoms with Crippen molar-refractivity contribution in [2.24, 2.45) is 0 Å². The number of hydrogen-bond donors (Lipinski definition) is 0. The lowest BCUT2D eigenvalue weighted by Gasteiger charge is -2.10. The van der Waals surface area contributed by atoms with Crippen molar-refractivity contribution in [2.75, 3.05) is 0 Å². The van der Waals surface area contributed by atoms with E-state index in [0.717, 1.165) is 24.2 Å². The Bertz CT molecular complexity index is 1460. The average Bonchev–Trinajstić information content (AvgIpc) is 3.64. The first-order chi connectivity index (χ1) is 17.5. The minimum absolute atomic E-state index is 0.197. The maximum Gasteiger partial charge on any atom is 0.352 e. The maximum absolute atomic E-state index is 12.0. The van der Waals surface area contributed by atoms with Gasteiger partial charge >= 0.3 is 5.97 Å². The Morgan fingerprint density at radius 1 is 0.972 bits per heavy atom. The Morgan fingerprint density at radius 2 is 1.72 bits per heavy atom. The van der Waals surface area contributed by atoms with Crippen LogP contribution in [0.5, 0.6) is 5.75 Å². The van der Waals surface area contributed by atoms with Gasteiger partial charge in [0.05, 0.1) is 26.2 Å². The molecule has 0 N–H and O–H groups in total. The summed E-state index contributed by atoms with van der Waals surface area (Å²) < 4.78 is 16.7. The van der Waals surface area contributed by atoms with Crippen molar-refractivity contribution in [3.8, 4) is 29.0 Å². The highest BCUT2D eigenvalue weighted by atomic mass is 35.5. The zero-order chi connectivity index (χ0) is 25.1. The van der Waals surface area contributed by atoms with Gasteiger partial charge in [-0.1, -0.05) is 64.2 Å². The van der Waals surface area contributed by atoms with Gasteiger partial charge in [0.1, 0.15) is 29.9 Å². The molecule has 0 radical (unpaired) electrons. The van der Waals surface area contributed by atoms with Crippen LogP contribution in [-0.4, -0.2) is 11.1 Å². The van der Waals surface area contributed by atoms with Gasteiger partial charge in [0.25, 0.3) is 0 Å². The van der Waals surface area contributed by atoms with Crippen molar-refractivity contribution in [3.05, 3.63) is 104 Å². The van der Waals surface area contributed by atoms with E-state index in [0.29, 0.717) is 49.1 Å². The molecule has 3 aromatic carbocycles. The Morgan fingerprint density at radius 3 is 2.42 bits per heavy atom. The highest BCUT2D eigenvalue weighted by molar-refractivity contribution is 6.39. The van der Waals surface area contributed by atoms with Gasteiger partial charge in [-0.05, 0) is 55.2 Å². The molecule has 0 aliphatic heterocycles. The molecule has 36 heavy (non-hydrogen) atoms. The van der Waals surface area contributed by atoms with Gasteiger partial charge in [0.15, 0.2) is 0 Å². The molecule has 0 saturated heterocycles. The molecule has 5 rings (SSSR count). The largest absolute Gasteiger partial charge is 0.489 e. The third-order valence-electron chi connectivity index (χ3n) is 5.63. The smallest absolute Gasteiger partial charge is 0.352 e. The van der Waals surface area contributed by atoms with Gasteiger partial charge in [-0.2, -0.15) is 0 Å². The van der Waals surface area contributed by atoms with Crippen LogP contribution in [-0.2, 0) is 11.3 Å². The number of hydrogen-bond acceptors (Lipinski definition) is 5. The molecule has 5 nitrogen and oxygen atoms in total. The molecule has 1 fully saturated rings. The normalized spacial score (nSPS) is 12.5. The van der Waals surface area contributed by atoms with E-state index in [4.69, 9.17) is 48.8 Å². The summed E-state index contributed by atoms with van der Waals surface area (Å²) in [5.74, 6) is 3.85. The third-order valence-corrected chi connectivity index (χ3v) is 6.57. The SMILES string of the molecule is O=C(OC#Cc1ccc(OCc2c(-c3c(Cl)cccc3Cl)noc2C2CC2)cc1Cl)c1ccccc1. The zero-order valence-electron chi connectivity index (χ0n) is 18.8. The number of halogens is 3. The Labute approximate surface area is 222 Å². The van der Waals surface area contributed by atoms with Crippen LogP contribution >= 0.6 is 34.8 Å². The second kappa shape index (κ2) is 10.7. The van der Waals surface area contributed by atoms with Crippen molar-refractivity contribution < 1.29 is 18.8 Å². The number of ether oxygens (including phenoxy) is 2. The molecule has 8 heteroatoms. The van der Waals surface area contributed by atoms with Crippen molar-refractivity contribution in [3.63, 3.8) is 0 Å². The lowest BCUT2D eigenvalue weighted by molar-refractivity contribution is 0.0690. The molecule has 4 aromatic rings. The molecule has 1 aliphatic carbocycles. The summed E-state index contributed by atoms with van der Waals surface area (Å²) in [5, 5.41) is 5.60. The molecule has 0 atom stereocenters. The summed E-state index contributed by atoms with van der Waals surface area (Å²) >= 11 is 19.2. The van der Waals surface area contributed by atoms with E-state index < -0.39 is 5.97 Å². The maximum atomic E-state index is 12.0. The zero-order valence-corrected chi connectivity index (χ0v) is 21.0. The van der Waals surface area contributed by atoms with Crippen molar-refractivity contribution in [1.29, 1.82) is 0 Å². The first-order valence-electron chi connectivity index (χ1n) is 11.1. The molecule has 0 amide bonds. The van der Waals surface area contributed by atoms with E-state index in [-0.39, 0.29) is 6.61 Å². The highest BCUT2D eigenvalue weighted by Gasteiger charge is 2.33. The van der Waals surface area contributed by atoms with Gasteiger partial charge in [-0.25, -0.2) is 4.79 Å². The molecule has 1 aromatic heterocycles. The minimum Gasteiger partial charge on any atom is -0.489 e. The van der Waals surface area contributed by atoms with E-state index in [2.05, 4.69) is 17.2 Å². The number of esters is 1. The van der Waals surface area contributed by atoms with Crippen molar-refractivity contribution in [1.82, 2.24) is 5.16 Å². The fraction of sp³-hybridized carbons (Fsp3) is 0.143. The van der Waals surface area contributed by atoms with Crippen LogP contribution in [0.4, 0.5) is 0 Å². The Hall–Kier alpha value is -3.43. The number of aromatic nitrogens is 1. The highest BCUT2D eigenvalue weighted by Crippen LogP contribution is 2.46. The van der Waals surface area contributed by atoms with Gasteiger partial charge in [0, 0.05) is 23.1 Å². The standard InChI is InChI=1S/C28H18Cl3NO4/c29-22-7-4-8-23(30)25(22)26-21(27(36-32-26)18-9-10-18)16-35-20-12-11-17(24(31)15-20)13-14-34-28(33)19-5-2-1-3-6-19/h1-8,11-12,15,18H,9-10,16H2. The van der Waals surface area contributed by atoms with Gasteiger partial charge in [-0.15, -0.1) is 0 Å². The van der Waals surface area contributed by atoms with E-state index in [1.165, 1.54) is 0 Å². The topological polar surface area (TPSA) is 61.6 Å². The van der Waals surface area contributed by atoms with E-state index >= 15 is 0 Å². The fourth-order valence-corrected chi connectivity index (χ4v) is 4.44. The second-order valence-electron chi connectivity index (χ2n) is 8.16. The van der Waals surface area contributed by atoms with Crippen molar-refractivity contribution >= 4 is 40.8 Å². The second-order valence-corrected chi connectivity index (χ2v) is 9.38. The predicted octanol–water partition coefficient (Wildman–Crippen LogP) is 7.92. The number of carbonyl (C=O) groups is 1. The molecule has 1 aliphatic rings. The van der Waals surface area contributed by atoms with Gasteiger partial charge in [-0.3, -0.25) is 0 Å². The lowest BCUT2D eigenvalue weighted by atomic mass is 10.0. The molecule has 0 bridgehead atoms.